The van der Waals surface area contributed by atoms with Crippen LogP contribution in [-0.4, -0.2) is 54.8 Å². The van der Waals surface area contributed by atoms with Crippen molar-refractivity contribution in [1.82, 2.24) is 9.57 Å². The predicted octanol–water partition coefficient (Wildman–Crippen LogP) is 0.599. The molecule has 2 rings (SSSR count). The van der Waals surface area contributed by atoms with E-state index in [1.165, 1.54) is 0 Å². The predicted molar refractivity (Wildman–Crippen MR) is 64.2 cm³/mol. The van der Waals surface area contributed by atoms with Crippen LogP contribution in [0.4, 0.5) is 0 Å². The second-order valence-electron chi connectivity index (χ2n) is 3.83. The van der Waals surface area contributed by atoms with Crippen molar-refractivity contribution in [3.63, 3.8) is 0 Å². The summed E-state index contributed by atoms with van der Waals surface area (Å²) in [4.78, 5) is 6.02. The van der Waals surface area contributed by atoms with E-state index >= 15 is 0 Å². The molecule has 2 N–H and O–H groups in total. The average Bonchev–Trinajstić information content (AvgIpc) is 3.00. The lowest BCUT2D eigenvalue weighted by molar-refractivity contribution is 0.615. The highest BCUT2D eigenvalue weighted by molar-refractivity contribution is 7.63. The molecule has 7 heteroatoms. The van der Waals surface area contributed by atoms with Crippen molar-refractivity contribution in [3.05, 3.63) is 0 Å². The fraction of sp³-hybridized carbons (Fsp3) is 0.750. The Bertz CT molecular complexity index is 379. The molecular formula is C8H17N6P. The molecule has 1 fully saturated rings. The molecule has 2 aliphatic rings. The van der Waals surface area contributed by atoms with Crippen LogP contribution in [0.2, 0.25) is 0 Å². The maximum Gasteiger partial charge on any atom is 0.229 e. The molecule has 84 valence electrons. The van der Waals surface area contributed by atoms with Gasteiger partial charge < -0.3 is 10.6 Å². The van der Waals surface area contributed by atoms with Gasteiger partial charge in [0.05, 0.1) is 0 Å². The molecule has 15 heavy (non-hydrogen) atoms. The molecule has 0 aromatic rings. The Morgan fingerprint density at radius 1 is 1.47 bits per heavy atom. The first-order valence-corrected chi connectivity index (χ1v) is 6.89. The van der Waals surface area contributed by atoms with Crippen molar-refractivity contribution in [2.24, 2.45) is 20.2 Å². The van der Waals surface area contributed by atoms with Crippen LogP contribution in [0, 0.1) is 0 Å². The van der Waals surface area contributed by atoms with E-state index in [2.05, 4.69) is 26.1 Å². The van der Waals surface area contributed by atoms with E-state index in [-0.39, 0.29) is 0 Å². The summed E-state index contributed by atoms with van der Waals surface area (Å²) < 4.78 is 11.5. The average molecular weight is 228 g/mol. The molecule has 0 saturated carbocycles. The smallest absolute Gasteiger partial charge is 0.229 e. The van der Waals surface area contributed by atoms with Crippen molar-refractivity contribution in [1.29, 1.82) is 0 Å². The van der Waals surface area contributed by atoms with Gasteiger partial charge in [-0.25, -0.2) is 4.67 Å². The normalized spacial score (nSPS) is 30.3. The zero-order valence-corrected chi connectivity index (χ0v) is 10.3. The summed E-state index contributed by atoms with van der Waals surface area (Å²) in [5.41, 5.74) is 5.76. The van der Waals surface area contributed by atoms with Crippen LogP contribution in [0.5, 0.6) is 0 Å². The van der Waals surface area contributed by atoms with Gasteiger partial charge in [-0.2, -0.15) is 14.5 Å². The van der Waals surface area contributed by atoms with Crippen molar-refractivity contribution < 1.29 is 0 Å². The summed E-state index contributed by atoms with van der Waals surface area (Å²) in [6.45, 7) is 4.29. The molecular weight excluding hydrogens is 211 g/mol. The van der Waals surface area contributed by atoms with Crippen LogP contribution in [0.25, 0.3) is 0 Å². The van der Waals surface area contributed by atoms with E-state index in [1.54, 1.807) is 0 Å². The molecule has 0 bridgehead atoms. The van der Waals surface area contributed by atoms with Crippen LogP contribution >= 0.6 is 7.36 Å². The maximum atomic E-state index is 5.76. The lowest BCUT2D eigenvalue weighted by Gasteiger charge is -2.25. The topological polar surface area (TPSA) is 69.3 Å². The van der Waals surface area contributed by atoms with Crippen LogP contribution in [-0.2, 0) is 0 Å². The number of hydrogen-bond acceptors (Lipinski definition) is 6. The van der Waals surface area contributed by atoms with Gasteiger partial charge in [-0.15, -0.1) is 0 Å². The molecule has 0 radical (unpaired) electrons. The van der Waals surface area contributed by atoms with Gasteiger partial charge >= 0.3 is 0 Å². The fourth-order valence-electron chi connectivity index (χ4n) is 1.50. The number of nitrogens with zero attached hydrogens (tertiary/aromatic N) is 5. The second-order valence-corrected chi connectivity index (χ2v) is 6.81. The van der Waals surface area contributed by atoms with Crippen molar-refractivity contribution in [2.45, 2.75) is 6.92 Å². The van der Waals surface area contributed by atoms with Gasteiger partial charge in [0.2, 0.25) is 11.9 Å². The minimum Gasteiger partial charge on any atom is -0.368 e. The van der Waals surface area contributed by atoms with Crippen molar-refractivity contribution >= 4 is 19.3 Å². The highest BCUT2D eigenvalue weighted by Gasteiger charge is 2.36. The highest BCUT2D eigenvalue weighted by atomic mass is 31.2. The summed E-state index contributed by atoms with van der Waals surface area (Å²) >= 11 is 0. The molecule has 2 heterocycles. The first-order valence-electron chi connectivity index (χ1n) is 5.06. The van der Waals surface area contributed by atoms with Gasteiger partial charge in [-0.05, 0) is 0 Å². The molecule has 2 aliphatic heterocycles. The lowest BCUT2D eigenvalue weighted by atomic mass is 10.8. The zero-order chi connectivity index (χ0) is 11.1. The summed E-state index contributed by atoms with van der Waals surface area (Å²) in [5.74, 6) is 1.07. The maximum absolute atomic E-state index is 5.76. The molecule has 0 amide bonds. The van der Waals surface area contributed by atoms with Gasteiger partial charge in [0.15, 0.2) is 7.36 Å². The quantitative estimate of drug-likeness (QED) is 0.555. The fourth-order valence-corrected chi connectivity index (χ4v) is 4.09. The third kappa shape index (κ3) is 1.92. The van der Waals surface area contributed by atoms with Gasteiger partial charge in [0, 0.05) is 33.3 Å². The number of nitrogens with two attached hydrogens (primary N) is 1. The Hall–Kier alpha value is -0.870. The molecule has 1 atom stereocenters. The van der Waals surface area contributed by atoms with E-state index in [1.807, 2.05) is 19.0 Å². The van der Waals surface area contributed by atoms with Crippen molar-refractivity contribution in [2.75, 3.05) is 33.3 Å². The van der Waals surface area contributed by atoms with Gasteiger partial charge in [0.1, 0.15) is 0 Å². The third-order valence-electron chi connectivity index (χ3n) is 2.43. The molecule has 0 aliphatic carbocycles. The summed E-state index contributed by atoms with van der Waals surface area (Å²) in [6.07, 6.45) is 0.931. The van der Waals surface area contributed by atoms with E-state index in [0.29, 0.717) is 11.9 Å². The largest absolute Gasteiger partial charge is 0.368 e. The number of hydrogen-bond donors (Lipinski definition) is 1. The summed E-state index contributed by atoms with van der Waals surface area (Å²) in [7, 11) is 2.10. The first kappa shape index (κ1) is 10.6. The van der Waals surface area contributed by atoms with E-state index in [9.17, 15) is 0 Å². The molecule has 0 spiro atoms. The Kier molecular flexibility index (Phi) is 2.56. The molecule has 1 saturated heterocycles. The third-order valence-corrected chi connectivity index (χ3v) is 5.61. The molecule has 1 unspecified atom stereocenters. The second kappa shape index (κ2) is 3.61. The van der Waals surface area contributed by atoms with Gasteiger partial charge in [-0.1, -0.05) is 6.92 Å². The Balaban J connectivity index is 2.44. The minimum absolute atomic E-state index is 0.371. The van der Waals surface area contributed by atoms with E-state index in [4.69, 9.17) is 5.73 Å². The summed E-state index contributed by atoms with van der Waals surface area (Å²) in [5, 5.41) is 0. The Labute approximate surface area is 90.0 Å². The molecule has 6 nitrogen and oxygen atoms in total. The zero-order valence-electron chi connectivity index (χ0n) is 9.38. The lowest BCUT2D eigenvalue weighted by Crippen LogP contribution is -2.26. The highest BCUT2D eigenvalue weighted by Crippen LogP contribution is 2.59. The van der Waals surface area contributed by atoms with E-state index in [0.717, 1.165) is 19.3 Å². The van der Waals surface area contributed by atoms with E-state index < -0.39 is 7.36 Å². The Morgan fingerprint density at radius 2 is 2.13 bits per heavy atom. The van der Waals surface area contributed by atoms with Crippen LogP contribution in [0.15, 0.2) is 14.5 Å². The monoisotopic (exact) mass is 228 g/mol. The van der Waals surface area contributed by atoms with Crippen LogP contribution < -0.4 is 5.73 Å². The number of rotatable bonds is 2. The minimum atomic E-state index is -1.75. The van der Waals surface area contributed by atoms with Gasteiger partial charge in [0.25, 0.3) is 0 Å². The molecule has 0 aromatic carbocycles. The first-order chi connectivity index (χ1) is 7.07. The standard InChI is InChI=1S/C8H17N6P/c1-4-15(14-5-6-14)11-7(9)10-8(12-15)13(2)3/h4-6H2,1-3H3,(H2,9,11). The SMILES string of the molecule is CCP1(N2CC2)=NC(N(C)C)=NC(N)=N1. The van der Waals surface area contributed by atoms with Crippen molar-refractivity contribution in [3.8, 4) is 0 Å². The molecule has 0 aromatic heterocycles. The van der Waals surface area contributed by atoms with Crippen LogP contribution in [0.3, 0.4) is 0 Å². The number of aliphatic imine (C=N–C) groups is 1. The number of guanidine groups is 2. The van der Waals surface area contributed by atoms with Crippen LogP contribution in [0.1, 0.15) is 6.92 Å². The van der Waals surface area contributed by atoms with Gasteiger partial charge in [-0.3, -0.25) is 0 Å². The Morgan fingerprint density at radius 3 is 2.60 bits per heavy atom. The summed E-state index contributed by atoms with van der Waals surface area (Å²) in [6, 6.07) is 0.